The molecule has 0 aliphatic rings. The van der Waals surface area contributed by atoms with Crippen molar-refractivity contribution in [1.82, 2.24) is 19.9 Å². The van der Waals surface area contributed by atoms with Gasteiger partial charge in [0.15, 0.2) is 0 Å². The highest BCUT2D eigenvalue weighted by molar-refractivity contribution is 5.79. The van der Waals surface area contributed by atoms with Gasteiger partial charge in [0.2, 0.25) is 0 Å². The first-order valence-electron chi connectivity index (χ1n) is 9.18. The summed E-state index contributed by atoms with van der Waals surface area (Å²) < 4.78 is 26.7. The number of benzene rings is 1. The molecule has 7 heteroatoms. The van der Waals surface area contributed by atoms with Crippen molar-refractivity contribution in [3.05, 3.63) is 47.9 Å². The maximum atomic E-state index is 12.3. The predicted molar refractivity (Wildman–Crippen MR) is 105 cm³/mol. The average Bonchev–Trinajstić information content (AvgIpc) is 3.09. The molecule has 1 N–H and O–H groups in total. The zero-order valence-electron chi connectivity index (χ0n) is 15.9. The van der Waals surface area contributed by atoms with Crippen LogP contribution >= 0.6 is 0 Å². The molecule has 0 spiro atoms. The van der Waals surface area contributed by atoms with Crippen LogP contribution in [0.1, 0.15) is 25.0 Å². The summed E-state index contributed by atoms with van der Waals surface area (Å²) >= 11 is 0. The zero-order valence-corrected chi connectivity index (χ0v) is 15.9. The first-order valence-corrected chi connectivity index (χ1v) is 9.18. The van der Waals surface area contributed by atoms with Gasteiger partial charge in [-0.2, -0.15) is 0 Å². The van der Waals surface area contributed by atoms with Gasteiger partial charge in [0.1, 0.15) is 11.3 Å². The molecular weight excluding hydrogens is 348 g/mol. The summed E-state index contributed by atoms with van der Waals surface area (Å²) in [5.74, 6) is 0.843. The maximum absolute atomic E-state index is 12.3. The lowest BCUT2D eigenvalue weighted by Gasteiger charge is -2.22. The predicted octanol–water partition coefficient (Wildman–Crippen LogP) is 4.14. The molecule has 0 aliphatic heterocycles. The van der Waals surface area contributed by atoms with Crippen molar-refractivity contribution in [1.29, 1.82) is 0 Å². The summed E-state index contributed by atoms with van der Waals surface area (Å²) in [6.07, 6.45) is 2.13. The maximum Gasteiger partial charge on any atom is 0.250 e. The molecule has 27 heavy (non-hydrogen) atoms. The molecule has 0 unspecified atom stereocenters. The molecule has 0 saturated carbocycles. The Morgan fingerprint density at radius 2 is 2.00 bits per heavy atom. The summed E-state index contributed by atoms with van der Waals surface area (Å²) in [6.45, 7) is 5.16. The largest absolute Gasteiger partial charge is 0.331 e. The van der Waals surface area contributed by atoms with E-state index in [2.05, 4.69) is 44.7 Å². The number of hydrogen-bond acceptors (Lipinski definition) is 4. The van der Waals surface area contributed by atoms with Crippen molar-refractivity contribution in [2.75, 3.05) is 18.5 Å². The molecule has 3 aromatic rings. The topological polar surface area (TPSA) is 46.0 Å². The summed E-state index contributed by atoms with van der Waals surface area (Å²) in [5, 5.41) is 2.78. The molecular formula is C20H25F2N5. The molecule has 5 nitrogen and oxygen atoms in total. The van der Waals surface area contributed by atoms with Gasteiger partial charge < -0.3 is 14.8 Å². The Hall–Kier alpha value is -2.54. The minimum atomic E-state index is -2.33. The molecule has 0 fully saturated rings. The second-order valence-electron chi connectivity index (χ2n) is 6.46. The number of halogens is 2. The fraction of sp³-hybridized carbons (Fsp3) is 0.400. The lowest BCUT2D eigenvalue weighted by Crippen LogP contribution is -2.21. The number of aromatic nitrogens is 3. The molecule has 2 aromatic heterocycles. The van der Waals surface area contributed by atoms with E-state index >= 15 is 0 Å². The number of nitrogens with zero attached hydrogens (tertiary/aromatic N) is 4. The third-order valence-corrected chi connectivity index (χ3v) is 4.69. The van der Waals surface area contributed by atoms with Crippen molar-refractivity contribution < 1.29 is 8.78 Å². The summed E-state index contributed by atoms with van der Waals surface area (Å²) in [7, 11) is 1.99. The first-order chi connectivity index (χ1) is 13.0. The van der Waals surface area contributed by atoms with Crippen molar-refractivity contribution >= 4 is 22.5 Å². The molecule has 144 valence electrons. The van der Waals surface area contributed by atoms with Gasteiger partial charge in [0.05, 0.1) is 24.6 Å². The van der Waals surface area contributed by atoms with Crippen molar-refractivity contribution in [3.63, 3.8) is 0 Å². The van der Waals surface area contributed by atoms with Crippen LogP contribution in [0.4, 0.5) is 20.3 Å². The minimum absolute atomic E-state index is 0.293. The lowest BCUT2D eigenvalue weighted by molar-refractivity contribution is 0.145. The molecule has 0 bridgehead atoms. The van der Waals surface area contributed by atoms with Crippen LogP contribution in [-0.2, 0) is 19.5 Å². The molecule has 2 heterocycles. The quantitative estimate of drug-likeness (QED) is 0.645. The Bertz CT molecular complexity index is 907. The van der Waals surface area contributed by atoms with Crippen LogP contribution in [0.3, 0.4) is 0 Å². The number of alkyl halides is 2. The normalized spacial score (nSPS) is 11.5. The number of anilines is 2. The number of hydrogen-bond donors (Lipinski definition) is 1. The highest BCUT2D eigenvalue weighted by Crippen LogP contribution is 2.29. The van der Waals surface area contributed by atoms with Crippen LogP contribution in [0.15, 0.2) is 36.8 Å². The summed E-state index contributed by atoms with van der Waals surface area (Å²) in [4.78, 5) is 11.0. The Morgan fingerprint density at radius 1 is 1.19 bits per heavy atom. The van der Waals surface area contributed by atoms with E-state index in [0.29, 0.717) is 6.54 Å². The van der Waals surface area contributed by atoms with E-state index in [4.69, 9.17) is 0 Å². The first kappa shape index (κ1) is 19.2. The van der Waals surface area contributed by atoms with E-state index in [-0.39, 0.29) is 6.54 Å². The van der Waals surface area contributed by atoms with Crippen LogP contribution in [0.25, 0.3) is 11.0 Å². The van der Waals surface area contributed by atoms with Crippen LogP contribution in [0, 0.1) is 0 Å². The van der Waals surface area contributed by atoms with Crippen molar-refractivity contribution in [2.24, 2.45) is 0 Å². The van der Waals surface area contributed by atoms with Crippen molar-refractivity contribution in [3.8, 4) is 0 Å². The Balaban J connectivity index is 1.86. The number of aryl methyl sites for hydroxylation is 2. The molecule has 1 aromatic carbocycles. The van der Waals surface area contributed by atoms with E-state index in [1.54, 1.807) is 6.20 Å². The van der Waals surface area contributed by atoms with Gasteiger partial charge in [0, 0.05) is 31.9 Å². The standard InChI is InChI=1S/C20H25F2N5/c1-4-15-8-14(10-23-12-19(21)22)6-7-17(15)26(3)20-9-18-16(11-24-20)25-13-27(18)5-2/h6-9,11,13,19,23H,4-5,10,12H2,1-3H3. The van der Waals surface area contributed by atoms with Crippen molar-refractivity contribution in [2.45, 2.75) is 39.8 Å². The van der Waals surface area contributed by atoms with Gasteiger partial charge in [-0.3, -0.25) is 0 Å². The number of imidazole rings is 1. The third-order valence-electron chi connectivity index (χ3n) is 4.69. The van der Waals surface area contributed by atoms with Gasteiger partial charge in [-0.25, -0.2) is 18.7 Å². The SMILES string of the molecule is CCc1cc(CNCC(F)F)ccc1N(C)c1cc2c(cn1)ncn2CC. The molecule has 0 amide bonds. The summed E-state index contributed by atoms with van der Waals surface area (Å²) in [5.41, 5.74) is 5.15. The smallest absolute Gasteiger partial charge is 0.250 e. The summed E-state index contributed by atoms with van der Waals surface area (Å²) in [6, 6.07) is 8.11. The molecule has 0 radical (unpaired) electrons. The van der Waals surface area contributed by atoms with Gasteiger partial charge in [-0.1, -0.05) is 19.1 Å². The fourth-order valence-electron chi connectivity index (χ4n) is 3.19. The van der Waals surface area contributed by atoms with Gasteiger partial charge in [-0.05, 0) is 30.5 Å². The fourth-order valence-corrected chi connectivity index (χ4v) is 3.19. The lowest BCUT2D eigenvalue weighted by atomic mass is 10.1. The van der Waals surface area contributed by atoms with Crippen LogP contribution < -0.4 is 10.2 Å². The van der Waals surface area contributed by atoms with E-state index in [9.17, 15) is 8.78 Å². The Kier molecular flexibility index (Phi) is 6.01. The van der Waals surface area contributed by atoms with E-state index < -0.39 is 6.43 Å². The van der Waals surface area contributed by atoms with Crippen LogP contribution in [-0.4, -0.2) is 34.6 Å². The van der Waals surface area contributed by atoms with E-state index in [0.717, 1.165) is 46.6 Å². The molecule has 0 atom stereocenters. The van der Waals surface area contributed by atoms with E-state index in [1.807, 2.05) is 31.6 Å². The molecule has 3 rings (SSSR count). The molecule has 0 saturated heterocycles. The van der Waals surface area contributed by atoms with Gasteiger partial charge in [0.25, 0.3) is 6.43 Å². The Morgan fingerprint density at radius 3 is 2.70 bits per heavy atom. The Labute approximate surface area is 158 Å². The zero-order chi connectivity index (χ0) is 19.4. The van der Waals surface area contributed by atoms with Gasteiger partial charge in [-0.15, -0.1) is 0 Å². The second kappa shape index (κ2) is 8.43. The van der Waals surface area contributed by atoms with E-state index in [1.165, 1.54) is 0 Å². The van der Waals surface area contributed by atoms with Crippen LogP contribution in [0.2, 0.25) is 0 Å². The third kappa shape index (κ3) is 4.24. The number of rotatable bonds is 8. The number of nitrogens with one attached hydrogen (secondary N) is 1. The second-order valence-corrected chi connectivity index (χ2v) is 6.46. The molecule has 0 aliphatic carbocycles. The highest BCUT2D eigenvalue weighted by atomic mass is 19.3. The minimum Gasteiger partial charge on any atom is -0.331 e. The van der Waals surface area contributed by atoms with Gasteiger partial charge >= 0.3 is 0 Å². The van der Waals surface area contributed by atoms with Crippen LogP contribution in [0.5, 0.6) is 0 Å². The average molecular weight is 373 g/mol. The number of fused-ring (bicyclic) bond motifs is 1. The monoisotopic (exact) mass is 373 g/mol. The number of pyridine rings is 1. The highest BCUT2D eigenvalue weighted by Gasteiger charge is 2.13.